The third kappa shape index (κ3) is 3.75. The second-order valence-corrected chi connectivity index (χ2v) is 4.46. The Morgan fingerprint density at radius 3 is 2.85 bits per heavy atom. The summed E-state index contributed by atoms with van der Waals surface area (Å²) in [5, 5.41) is 22.6. The predicted octanol–water partition coefficient (Wildman–Crippen LogP) is 1.48. The maximum Gasteiger partial charge on any atom is 0.327 e. The lowest BCUT2D eigenvalue weighted by atomic mass is 10.2. The maximum atomic E-state index is 10.5. The van der Waals surface area contributed by atoms with Crippen LogP contribution >= 0.6 is 12.2 Å². The second kappa shape index (κ2) is 6.11. The SMILES string of the molecule is Cc1ccccc1NC(=S)Nc1cnn(CC(=O)O)n1. The van der Waals surface area contributed by atoms with Gasteiger partial charge in [-0.2, -0.15) is 9.90 Å². The number of carboxylic acid groups (broad SMARTS) is 1. The molecule has 2 rings (SSSR count). The van der Waals surface area contributed by atoms with Crippen LogP contribution in [0.15, 0.2) is 30.5 Å². The Kier molecular flexibility index (Phi) is 4.26. The van der Waals surface area contributed by atoms with E-state index in [1.165, 1.54) is 6.20 Å². The zero-order chi connectivity index (χ0) is 14.5. The molecule has 0 spiro atoms. The Balaban J connectivity index is 1.96. The fourth-order valence-electron chi connectivity index (χ4n) is 1.53. The summed E-state index contributed by atoms with van der Waals surface area (Å²) in [6.45, 7) is 1.67. The zero-order valence-electron chi connectivity index (χ0n) is 10.7. The maximum absolute atomic E-state index is 10.5. The summed E-state index contributed by atoms with van der Waals surface area (Å²) in [7, 11) is 0. The highest BCUT2D eigenvalue weighted by Crippen LogP contribution is 2.13. The van der Waals surface area contributed by atoms with Crippen molar-refractivity contribution in [2.75, 3.05) is 10.6 Å². The lowest BCUT2D eigenvalue weighted by Gasteiger charge is -2.10. The van der Waals surface area contributed by atoms with Crippen LogP contribution in [0.3, 0.4) is 0 Å². The third-order valence-corrected chi connectivity index (χ3v) is 2.65. The van der Waals surface area contributed by atoms with Crippen molar-refractivity contribution < 1.29 is 9.90 Å². The molecule has 1 aromatic carbocycles. The number of para-hydroxylation sites is 1. The number of aryl methyl sites for hydroxylation is 1. The van der Waals surface area contributed by atoms with E-state index in [1.54, 1.807) is 0 Å². The fourth-order valence-corrected chi connectivity index (χ4v) is 1.75. The lowest BCUT2D eigenvalue weighted by molar-refractivity contribution is -0.138. The molecule has 20 heavy (non-hydrogen) atoms. The number of carboxylic acids is 1. The number of nitrogens with one attached hydrogen (secondary N) is 2. The van der Waals surface area contributed by atoms with Crippen molar-refractivity contribution in [2.24, 2.45) is 0 Å². The molecule has 0 saturated heterocycles. The van der Waals surface area contributed by atoms with E-state index in [2.05, 4.69) is 20.8 Å². The first-order chi connectivity index (χ1) is 9.54. The minimum absolute atomic E-state index is 0.292. The van der Waals surface area contributed by atoms with Gasteiger partial charge >= 0.3 is 5.97 Å². The summed E-state index contributed by atoms with van der Waals surface area (Å²) in [5.74, 6) is -0.620. The third-order valence-electron chi connectivity index (χ3n) is 2.45. The van der Waals surface area contributed by atoms with E-state index < -0.39 is 5.97 Å². The number of anilines is 2. The van der Waals surface area contributed by atoms with Gasteiger partial charge in [0.2, 0.25) is 0 Å². The predicted molar refractivity (Wildman–Crippen MR) is 78.7 cm³/mol. The molecule has 0 saturated carbocycles. The highest BCUT2D eigenvalue weighted by Gasteiger charge is 2.06. The van der Waals surface area contributed by atoms with E-state index in [-0.39, 0.29) is 6.54 Å². The monoisotopic (exact) mass is 291 g/mol. The largest absolute Gasteiger partial charge is 0.480 e. The van der Waals surface area contributed by atoms with Crippen LogP contribution in [0.2, 0.25) is 0 Å². The lowest BCUT2D eigenvalue weighted by Crippen LogP contribution is -2.20. The zero-order valence-corrected chi connectivity index (χ0v) is 11.5. The van der Waals surface area contributed by atoms with Crippen LogP contribution in [-0.2, 0) is 11.3 Å². The van der Waals surface area contributed by atoms with E-state index in [4.69, 9.17) is 17.3 Å². The summed E-state index contributed by atoms with van der Waals surface area (Å²) >= 11 is 5.16. The van der Waals surface area contributed by atoms with Crippen LogP contribution in [0.25, 0.3) is 0 Å². The molecule has 2 aromatic rings. The number of carbonyl (C=O) groups is 1. The number of nitrogens with zero attached hydrogens (tertiary/aromatic N) is 3. The molecule has 0 aliphatic rings. The van der Waals surface area contributed by atoms with Crippen molar-refractivity contribution in [2.45, 2.75) is 13.5 Å². The molecular weight excluding hydrogens is 278 g/mol. The Morgan fingerprint density at radius 2 is 2.15 bits per heavy atom. The van der Waals surface area contributed by atoms with Crippen LogP contribution in [0.1, 0.15) is 5.56 Å². The Morgan fingerprint density at radius 1 is 1.40 bits per heavy atom. The standard InChI is InChI=1S/C12H13N5O2S/c1-8-4-2-3-5-9(8)14-12(20)15-10-6-13-17(16-10)7-11(18)19/h2-6H,7H2,1H3,(H,18,19)(H2,14,15,16,20). The van der Waals surface area contributed by atoms with Crippen molar-refractivity contribution in [3.8, 4) is 0 Å². The molecule has 0 aliphatic carbocycles. The smallest absolute Gasteiger partial charge is 0.327 e. The van der Waals surface area contributed by atoms with Gasteiger partial charge in [0.05, 0.1) is 6.20 Å². The average molecular weight is 291 g/mol. The van der Waals surface area contributed by atoms with Crippen LogP contribution in [0.4, 0.5) is 11.5 Å². The highest BCUT2D eigenvalue weighted by molar-refractivity contribution is 7.80. The summed E-state index contributed by atoms with van der Waals surface area (Å²) < 4.78 is 0. The number of rotatable bonds is 4. The van der Waals surface area contributed by atoms with Gasteiger partial charge in [-0.3, -0.25) is 4.79 Å². The second-order valence-electron chi connectivity index (χ2n) is 4.05. The van der Waals surface area contributed by atoms with Crippen molar-refractivity contribution in [3.63, 3.8) is 0 Å². The van der Waals surface area contributed by atoms with E-state index in [1.807, 2.05) is 31.2 Å². The summed E-state index contributed by atoms with van der Waals surface area (Å²) in [5.41, 5.74) is 1.95. The van der Waals surface area contributed by atoms with Crippen LogP contribution < -0.4 is 10.6 Å². The van der Waals surface area contributed by atoms with Crippen LogP contribution in [0, 0.1) is 6.92 Å². The summed E-state index contributed by atoms with van der Waals surface area (Å²) in [4.78, 5) is 11.6. The molecule has 0 atom stereocenters. The first-order valence-electron chi connectivity index (χ1n) is 5.80. The fraction of sp³-hybridized carbons (Fsp3) is 0.167. The van der Waals surface area contributed by atoms with Crippen molar-refractivity contribution in [3.05, 3.63) is 36.0 Å². The molecule has 104 valence electrons. The van der Waals surface area contributed by atoms with E-state index >= 15 is 0 Å². The number of hydrogen-bond acceptors (Lipinski definition) is 4. The number of aromatic nitrogens is 3. The molecule has 1 heterocycles. The number of benzene rings is 1. The molecule has 0 unspecified atom stereocenters. The van der Waals surface area contributed by atoms with Crippen molar-refractivity contribution in [1.29, 1.82) is 0 Å². The van der Waals surface area contributed by atoms with Crippen LogP contribution in [0.5, 0.6) is 0 Å². The van der Waals surface area contributed by atoms with Gasteiger partial charge in [0, 0.05) is 5.69 Å². The quantitative estimate of drug-likeness (QED) is 0.735. The minimum Gasteiger partial charge on any atom is -0.480 e. The molecule has 0 fully saturated rings. The van der Waals surface area contributed by atoms with Crippen LogP contribution in [-0.4, -0.2) is 31.2 Å². The van der Waals surface area contributed by atoms with E-state index in [9.17, 15) is 4.79 Å². The highest BCUT2D eigenvalue weighted by atomic mass is 32.1. The van der Waals surface area contributed by atoms with Gasteiger partial charge in [-0.25, -0.2) is 0 Å². The molecule has 0 bridgehead atoms. The Hall–Kier alpha value is -2.48. The minimum atomic E-state index is -1.01. The van der Waals surface area contributed by atoms with Gasteiger partial charge < -0.3 is 15.7 Å². The number of hydrogen-bond donors (Lipinski definition) is 3. The van der Waals surface area contributed by atoms with Gasteiger partial charge in [-0.15, -0.1) is 5.10 Å². The number of thiocarbonyl (C=S) groups is 1. The molecular formula is C12H13N5O2S. The first-order valence-corrected chi connectivity index (χ1v) is 6.21. The molecule has 0 aliphatic heterocycles. The average Bonchev–Trinajstić information content (AvgIpc) is 2.78. The number of aliphatic carboxylic acids is 1. The summed E-state index contributed by atoms with van der Waals surface area (Å²) in [6.07, 6.45) is 1.41. The molecule has 1 aromatic heterocycles. The van der Waals surface area contributed by atoms with E-state index in [0.29, 0.717) is 10.9 Å². The Labute approximate surface area is 120 Å². The molecule has 3 N–H and O–H groups in total. The van der Waals surface area contributed by atoms with Gasteiger partial charge in [-0.05, 0) is 30.8 Å². The summed E-state index contributed by atoms with van der Waals surface area (Å²) in [6, 6.07) is 7.72. The van der Waals surface area contributed by atoms with Gasteiger partial charge in [0.1, 0.15) is 0 Å². The van der Waals surface area contributed by atoms with Gasteiger partial charge in [0.15, 0.2) is 17.5 Å². The molecule has 8 heteroatoms. The molecule has 0 amide bonds. The van der Waals surface area contributed by atoms with Crippen molar-refractivity contribution >= 4 is 34.8 Å². The topological polar surface area (TPSA) is 92.1 Å². The van der Waals surface area contributed by atoms with Gasteiger partial charge in [-0.1, -0.05) is 18.2 Å². The molecule has 0 radical (unpaired) electrons. The van der Waals surface area contributed by atoms with E-state index in [0.717, 1.165) is 16.0 Å². The Bertz CT molecular complexity index is 640. The normalized spacial score (nSPS) is 10.1. The first kappa shape index (κ1) is 13.9. The van der Waals surface area contributed by atoms with Crippen molar-refractivity contribution in [1.82, 2.24) is 15.0 Å². The molecule has 7 nitrogen and oxygen atoms in total. The van der Waals surface area contributed by atoms with Gasteiger partial charge in [0.25, 0.3) is 0 Å².